The lowest BCUT2D eigenvalue weighted by molar-refractivity contribution is -0.113. The molecule has 0 radical (unpaired) electrons. The van der Waals surface area contributed by atoms with Crippen molar-refractivity contribution < 1.29 is 19.1 Å². The standard InChI is InChI=1S/C28H34N4O4S2/c1-5-15-32-25(19(4)36-20-12-10-11-18(3)16-20)30-31-28(32)37-17-23(33)29-26-24(27(34)35-6-2)21-13-8-7-9-14-22(21)38-26/h5,10-12,16,19H,1,6-9,13-15,17H2,2-4H3,(H,29,33). The Balaban J connectivity index is 1.46. The quantitative estimate of drug-likeness (QED) is 0.131. The molecule has 0 aliphatic heterocycles. The highest BCUT2D eigenvalue weighted by atomic mass is 32.2. The third kappa shape index (κ3) is 6.66. The molecule has 4 rings (SSSR count). The molecule has 0 saturated carbocycles. The van der Waals surface area contributed by atoms with Gasteiger partial charge in [0.1, 0.15) is 10.8 Å². The minimum atomic E-state index is -0.368. The Hall–Kier alpha value is -3.11. The topological polar surface area (TPSA) is 95.3 Å². The molecule has 1 N–H and O–H groups in total. The van der Waals surface area contributed by atoms with E-state index in [9.17, 15) is 9.59 Å². The minimum absolute atomic E-state index is 0.118. The van der Waals surface area contributed by atoms with E-state index >= 15 is 0 Å². The van der Waals surface area contributed by atoms with Crippen molar-refractivity contribution in [1.82, 2.24) is 14.8 Å². The van der Waals surface area contributed by atoms with Crippen LogP contribution in [0.2, 0.25) is 0 Å². The van der Waals surface area contributed by atoms with Gasteiger partial charge in [-0.3, -0.25) is 9.36 Å². The van der Waals surface area contributed by atoms with E-state index in [4.69, 9.17) is 9.47 Å². The summed E-state index contributed by atoms with van der Waals surface area (Å²) in [5, 5.41) is 12.8. The van der Waals surface area contributed by atoms with Gasteiger partial charge in [0.25, 0.3) is 0 Å². The molecule has 10 heteroatoms. The molecule has 1 unspecified atom stereocenters. The number of carbonyl (C=O) groups excluding carboxylic acids is 2. The van der Waals surface area contributed by atoms with E-state index in [1.165, 1.54) is 28.0 Å². The average molecular weight is 555 g/mol. The molecule has 8 nitrogen and oxygen atoms in total. The second kappa shape index (κ2) is 13.1. The summed E-state index contributed by atoms with van der Waals surface area (Å²) in [7, 11) is 0. The lowest BCUT2D eigenvalue weighted by Crippen LogP contribution is -2.17. The molecule has 1 aliphatic rings. The third-order valence-corrected chi connectivity index (χ3v) is 8.38. The maximum absolute atomic E-state index is 13.0. The first-order valence-electron chi connectivity index (χ1n) is 12.9. The molecule has 1 aliphatic carbocycles. The lowest BCUT2D eigenvalue weighted by atomic mass is 10.1. The van der Waals surface area contributed by atoms with Crippen LogP contribution >= 0.6 is 23.1 Å². The van der Waals surface area contributed by atoms with Crippen molar-refractivity contribution in [2.24, 2.45) is 0 Å². The van der Waals surface area contributed by atoms with E-state index in [1.54, 1.807) is 13.0 Å². The number of aromatic nitrogens is 3. The monoisotopic (exact) mass is 554 g/mol. The Morgan fingerprint density at radius 3 is 2.84 bits per heavy atom. The molecule has 38 heavy (non-hydrogen) atoms. The number of thiophene rings is 1. The molecule has 2 aromatic heterocycles. The molecule has 2 heterocycles. The van der Waals surface area contributed by atoms with E-state index in [0.29, 0.717) is 34.7 Å². The largest absolute Gasteiger partial charge is 0.483 e. The number of nitrogens with zero attached hydrogens (tertiary/aromatic N) is 3. The molecule has 1 atom stereocenters. The minimum Gasteiger partial charge on any atom is -0.483 e. The zero-order valence-electron chi connectivity index (χ0n) is 22.1. The summed E-state index contributed by atoms with van der Waals surface area (Å²) >= 11 is 2.78. The number of thioether (sulfide) groups is 1. The summed E-state index contributed by atoms with van der Waals surface area (Å²) in [5.41, 5.74) is 2.66. The van der Waals surface area contributed by atoms with Gasteiger partial charge < -0.3 is 14.8 Å². The smallest absolute Gasteiger partial charge is 0.341 e. The second-order valence-electron chi connectivity index (χ2n) is 9.14. The van der Waals surface area contributed by atoms with Gasteiger partial charge in [0.2, 0.25) is 5.91 Å². The van der Waals surface area contributed by atoms with Crippen molar-refractivity contribution in [3.8, 4) is 5.75 Å². The number of nitrogens with one attached hydrogen (secondary N) is 1. The van der Waals surface area contributed by atoms with Crippen LogP contribution in [0.25, 0.3) is 0 Å². The zero-order valence-corrected chi connectivity index (χ0v) is 23.8. The van der Waals surface area contributed by atoms with Crippen LogP contribution in [0.3, 0.4) is 0 Å². The molecular formula is C28H34N4O4S2. The van der Waals surface area contributed by atoms with Gasteiger partial charge in [-0.05, 0) is 69.7 Å². The summed E-state index contributed by atoms with van der Waals surface area (Å²) in [4.78, 5) is 27.0. The van der Waals surface area contributed by atoms with Gasteiger partial charge in [0.05, 0.1) is 17.9 Å². The Labute approximate surface area is 231 Å². The van der Waals surface area contributed by atoms with Crippen LogP contribution in [0.4, 0.5) is 5.00 Å². The predicted molar refractivity (Wildman–Crippen MR) is 151 cm³/mol. The third-order valence-electron chi connectivity index (χ3n) is 6.21. The van der Waals surface area contributed by atoms with E-state index in [1.807, 2.05) is 42.7 Å². The number of carbonyl (C=O) groups is 2. The maximum Gasteiger partial charge on any atom is 0.341 e. The van der Waals surface area contributed by atoms with Crippen LogP contribution in [-0.2, 0) is 28.9 Å². The van der Waals surface area contributed by atoms with Gasteiger partial charge in [-0.15, -0.1) is 28.1 Å². The van der Waals surface area contributed by atoms with Gasteiger partial charge in [-0.1, -0.05) is 36.4 Å². The average Bonchev–Trinajstić information content (AvgIpc) is 3.35. The fraction of sp³-hybridized carbons (Fsp3) is 0.429. The van der Waals surface area contributed by atoms with E-state index in [-0.39, 0.29) is 23.7 Å². The van der Waals surface area contributed by atoms with Crippen molar-refractivity contribution in [2.75, 3.05) is 17.7 Å². The number of benzene rings is 1. The highest BCUT2D eigenvalue weighted by Gasteiger charge is 2.27. The number of hydrogen-bond donors (Lipinski definition) is 1. The van der Waals surface area contributed by atoms with Crippen molar-refractivity contribution in [3.05, 3.63) is 64.3 Å². The number of hydrogen-bond acceptors (Lipinski definition) is 8. The van der Waals surface area contributed by atoms with Crippen molar-refractivity contribution in [1.29, 1.82) is 0 Å². The lowest BCUT2D eigenvalue weighted by Gasteiger charge is -2.16. The summed E-state index contributed by atoms with van der Waals surface area (Å²) in [6.07, 6.45) is 6.44. The molecule has 3 aromatic rings. The number of aryl methyl sites for hydroxylation is 2. The van der Waals surface area contributed by atoms with Gasteiger partial charge in [-0.2, -0.15) is 0 Å². The second-order valence-corrected chi connectivity index (χ2v) is 11.2. The number of allylic oxidation sites excluding steroid dienone is 1. The van der Waals surface area contributed by atoms with Crippen molar-refractivity contribution >= 4 is 40.0 Å². The molecule has 1 aromatic carbocycles. The van der Waals surface area contributed by atoms with Gasteiger partial charge in [0, 0.05) is 11.4 Å². The summed E-state index contributed by atoms with van der Waals surface area (Å²) in [6, 6.07) is 7.84. The van der Waals surface area contributed by atoms with Crippen molar-refractivity contribution in [3.63, 3.8) is 0 Å². The highest BCUT2D eigenvalue weighted by molar-refractivity contribution is 7.99. The van der Waals surface area contributed by atoms with Crippen LogP contribution < -0.4 is 10.1 Å². The van der Waals surface area contributed by atoms with Crippen LogP contribution in [0.15, 0.2) is 42.1 Å². The molecular weight excluding hydrogens is 520 g/mol. The van der Waals surface area contributed by atoms with Crippen LogP contribution in [0.1, 0.15) is 71.4 Å². The Morgan fingerprint density at radius 2 is 2.08 bits per heavy atom. The maximum atomic E-state index is 13.0. The Morgan fingerprint density at radius 1 is 1.26 bits per heavy atom. The van der Waals surface area contributed by atoms with E-state index in [0.717, 1.165) is 49.0 Å². The summed E-state index contributed by atoms with van der Waals surface area (Å²) in [5.74, 6) is 0.947. The molecule has 0 spiro atoms. The number of esters is 1. The molecule has 0 fully saturated rings. The fourth-order valence-electron chi connectivity index (χ4n) is 4.50. The summed E-state index contributed by atoms with van der Waals surface area (Å²) in [6.45, 7) is 10.4. The van der Waals surface area contributed by atoms with Crippen LogP contribution in [-0.4, -0.2) is 39.0 Å². The molecule has 0 bridgehead atoms. The highest BCUT2D eigenvalue weighted by Crippen LogP contribution is 2.38. The van der Waals surface area contributed by atoms with Gasteiger partial charge in [-0.25, -0.2) is 4.79 Å². The Bertz CT molecular complexity index is 1300. The Kier molecular flexibility index (Phi) is 9.63. The molecule has 0 saturated heterocycles. The molecule has 202 valence electrons. The normalized spacial score (nSPS) is 13.8. The number of anilines is 1. The van der Waals surface area contributed by atoms with Gasteiger partial charge in [0.15, 0.2) is 17.1 Å². The first-order valence-corrected chi connectivity index (χ1v) is 14.7. The van der Waals surface area contributed by atoms with Crippen LogP contribution in [0, 0.1) is 6.92 Å². The number of amides is 1. The first-order chi connectivity index (χ1) is 18.4. The molecule has 1 amide bonds. The van der Waals surface area contributed by atoms with E-state index in [2.05, 4.69) is 22.1 Å². The van der Waals surface area contributed by atoms with Crippen molar-refractivity contribution in [2.45, 2.75) is 70.7 Å². The number of ether oxygens (including phenoxy) is 2. The zero-order chi connectivity index (χ0) is 27.1. The van der Waals surface area contributed by atoms with Gasteiger partial charge >= 0.3 is 5.97 Å². The van der Waals surface area contributed by atoms with E-state index < -0.39 is 0 Å². The number of fused-ring (bicyclic) bond motifs is 1. The van der Waals surface area contributed by atoms with Crippen LogP contribution in [0.5, 0.6) is 5.75 Å². The predicted octanol–water partition coefficient (Wildman–Crippen LogP) is 6.15. The fourth-order valence-corrected chi connectivity index (χ4v) is 6.54. The number of rotatable bonds is 11. The SMILES string of the molecule is C=CCn1c(SCC(=O)Nc2sc3c(c2C(=O)OCC)CCCCC3)nnc1C(C)Oc1cccc(C)c1. The summed E-state index contributed by atoms with van der Waals surface area (Å²) < 4.78 is 13.3. The first kappa shape index (κ1) is 27.9.